The zero-order valence-corrected chi connectivity index (χ0v) is 15.6. The van der Waals surface area contributed by atoms with Crippen molar-refractivity contribution in [2.24, 2.45) is 5.41 Å². The van der Waals surface area contributed by atoms with Gasteiger partial charge in [-0.05, 0) is 17.4 Å². The Balaban J connectivity index is 1.67. The summed E-state index contributed by atoms with van der Waals surface area (Å²) in [6.45, 7) is 10.2. The number of hydrogen-bond acceptors (Lipinski definition) is 4. The number of hydrogen-bond donors (Lipinski definition) is 0. The summed E-state index contributed by atoms with van der Waals surface area (Å²) in [6.07, 6.45) is 1.51. The van der Waals surface area contributed by atoms with Gasteiger partial charge >= 0.3 is 0 Å². The fraction of sp³-hybridized carbons (Fsp3) is 0.650. The molecule has 138 valence electrons. The summed E-state index contributed by atoms with van der Waals surface area (Å²) < 4.78 is 6.37. The first-order valence-electron chi connectivity index (χ1n) is 9.29. The third-order valence-electron chi connectivity index (χ3n) is 4.99. The fourth-order valence-corrected chi connectivity index (χ4v) is 3.35. The predicted molar refractivity (Wildman–Crippen MR) is 96.9 cm³/mol. The lowest BCUT2D eigenvalue weighted by atomic mass is 9.87. The average Bonchev–Trinajstić information content (AvgIpc) is 3.13. The lowest BCUT2D eigenvalue weighted by Crippen LogP contribution is -2.51. The van der Waals surface area contributed by atoms with Crippen LogP contribution in [-0.2, 0) is 14.4 Å². The van der Waals surface area contributed by atoms with Crippen molar-refractivity contribution in [2.75, 3.05) is 32.8 Å². The van der Waals surface area contributed by atoms with E-state index in [1.807, 2.05) is 28.2 Å². The lowest BCUT2D eigenvalue weighted by Gasteiger charge is -2.43. The number of carbonyl (C=O) groups excluding carboxylic acids is 1. The van der Waals surface area contributed by atoms with Crippen molar-refractivity contribution in [1.29, 1.82) is 0 Å². The van der Waals surface area contributed by atoms with Gasteiger partial charge in [0.05, 0.1) is 19.3 Å². The molecule has 0 aromatic heterocycles. The van der Waals surface area contributed by atoms with Gasteiger partial charge in [0.1, 0.15) is 6.10 Å². The molecule has 1 amide bonds. The van der Waals surface area contributed by atoms with Crippen LogP contribution in [0.1, 0.15) is 45.3 Å². The molecule has 0 unspecified atom stereocenters. The van der Waals surface area contributed by atoms with E-state index in [0.29, 0.717) is 26.1 Å². The minimum atomic E-state index is -0.0637. The molecule has 2 fully saturated rings. The van der Waals surface area contributed by atoms with E-state index in [1.165, 1.54) is 0 Å². The Morgan fingerprint density at radius 2 is 1.96 bits per heavy atom. The van der Waals surface area contributed by atoms with Crippen molar-refractivity contribution in [3.8, 4) is 0 Å². The largest absolute Gasteiger partial charge is 0.366 e. The van der Waals surface area contributed by atoms with E-state index in [2.05, 4.69) is 32.9 Å². The molecule has 2 aliphatic heterocycles. The predicted octanol–water partition coefficient (Wildman–Crippen LogP) is 3.03. The Kier molecular flexibility index (Phi) is 5.77. The Labute approximate surface area is 150 Å². The lowest BCUT2D eigenvalue weighted by molar-refractivity contribution is -0.160. The van der Waals surface area contributed by atoms with Gasteiger partial charge < -0.3 is 9.64 Å². The molecule has 2 saturated heterocycles. The van der Waals surface area contributed by atoms with Gasteiger partial charge in [0, 0.05) is 26.1 Å². The summed E-state index contributed by atoms with van der Waals surface area (Å²) in [4.78, 5) is 20.3. The number of carbonyl (C=O) groups is 1. The number of benzene rings is 1. The van der Waals surface area contributed by atoms with Crippen molar-refractivity contribution in [2.45, 2.75) is 45.8 Å². The van der Waals surface area contributed by atoms with Gasteiger partial charge in [-0.1, -0.05) is 51.1 Å². The Hall–Kier alpha value is -1.43. The van der Waals surface area contributed by atoms with Crippen molar-refractivity contribution in [3.63, 3.8) is 0 Å². The van der Waals surface area contributed by atoms with Crippen LogP contribution in [0.25, 0.3) is 0 Å². The van der Waals surface area contributed by atoms with Crippen LogP contribution in [0.15, 0.2) is 30.3 Å². The highest BCUT2D eigenvalue weighted by Crippen LogP contribution is 2.33. The Morgan fingerprint density at radius 3 is 2.60 bits per heavy atom. The second kappa shape index (κ2) is 7.85. The van der Waals surface area contributed by atoms with Gasteiger partial charge in [-0.15, -0.1) is 0 Å². The third-order valence-corrected chi connectivity index (χ3v) is 4.99. The van der Waals surface area contributed by atoms with Crippen molar-refractivity contribution >= 4 is 5.91 Å². The van der Waals surface area contributed by atoms with Crippen LogP contribution < -0.4 is 0 Å². The standard InChI is InChI=1S/C20H30N2O3/c1-20(2,3)18-15-21(19(23)10-12-22-11-7-13-24-22)14-17(25-18)16-8-5-4-6-9-16/h4-6,8-9,17-18H,7,10-15H2,1-3H3/t17-,18+/m0/s1. The number of amides is 1. The van der Waals surface area contributed by atoms with Crippen LogP contribution in [0.4, 0.5) is 0 Å². The van der Waals surface area contributed by atoms with E-state index in [0.717, 1.165) is 25.1 Å². The van der Waals surface area contributed by atoms with Crippen LogP contribution in [0.3, 0.4) is 0 Å². The van der Waals surface area contributed by atoms with Crippen LogP contribution in [0.2, 0.25) is 0 Å². The van der Waals surface area contributed by atoms with E-state index in [-0.39, 0.29) is 23.5 Å². The maximum absolute atomic E-state index is 12.8. The zero-order chi connectivity index (χ0) is 17.9. The monoisotopic (exact) mass is 346 g/mol. The minimum absolute atomic E-state index is 0.00988. The zero-order valence-electron chi connectivity index (χ0n) is 15.6. The minimum Gasteiger partial charge on any atom is -0.366 e. The van der Waals surface area contributed by atoms with E-state index >= 15 is 0 Å². The van der Waals surface area contributed by atoms with Crippen LogP contribution >= 0.6 is 0 Å². The molecule has 0 saturated carbocycles. The van der Waals surface area contributed by atoms with Gasteiger partial charge in [0.15, 0.2) is 0 Å². The second-order valence-corrected chi connectivity index (χ2v) is 8.05. The number of rotatable bonds is 4. The van der Waals surface area contributed by atoms with Gasteiger partial charge in [-0.2, -0.15) is 5.06 Å². The summed E-state index contributed by atoms with van der Waals surface area (Å²) >= 11 is 0. The smallest absolute Gasteiger partial charge is 0.224 e. The van der Waals surface area contributed by atoms with Gasteiger partial charge in [0.2, 0.25) is 5.91 Å². The molecule has 2 aliphatic rings. The van der Waals surface area contributed by atoms with Gasteiger partial charge in [-0.3, -0.25) is 9.63 Å². The molecule has 5 heteroatoms. The average molecular weight is 346 g/mol. The molecule has 0 bridgehead atoms. The quantitative estimate of drug-likeness (QED) is 0.840. The molecule has 2 atom stereocenters. The number of nitrogens with zero attached hydrogens (tertiary/aromatic N) is 2. The highest BCUT2D eigenvalue weighted by Gasteiger charge is 2.37. The van der Waals surface area contributed by atoms with Crippen molar-refractivity contribution < 1.29 is 14.4 Å². The van der Waals surface area contributed by atoms with Gasteiger partial charge in [0.25, 0.3) is 0 Å². The topological polar surface area (TPSA) is 42.0 Å². The summed E-state index contributed by atoms with van der Waals surface area (Å²) in [5.41, 5.74) is 1.13. The number of ether oxygens (including phenoxy) is 1. The number of morpholine rings is 1. The normalized spacial score (nSPS) is 25.3. The summed E-state index contributed by atoms with van der Waals surface area (Å²) in [6, 6.07) is 10.2. The first-order valence-corrected chi connectivity index (χ1v) is 9.29. The van der Waals surface area contributed by atoms with E-state index in [9.17, 15) is 4.79 Å². The van der Waals surface area contributed by atoms with Gasteiger partial charge in [-0.25, -0.2) is 0 Å². The summed E-state index contributed by atoms with van der Waals surface area (Å²) in [5, 5.41) is 1.91. The third kappa shape index (κ3) is 4.81. The Bertz CT molecular complexity index is 564. The molecule has 3 rings (SSSR count). The molecule has 0 N–H and O–H groups in total. The first-order chi connectivity index (χ1) is 11.9. The molecule has 0 spiro atoms. The first kappa shape index (κ1) is 18.4. The SMILES string of the molecule is CC(C)(C)[C@H]1CN(C(=O)CCN2CCCO2)C[C@@H](c2ccccc2)O1. The summed E-state index contributed by atoms with van der Waals surface area (Å²) in [5.74, 6) is 0.189. The molecular weight excluding hydrogens is 316 g/mol. The maximum atomic E-state index is 12.8. The molecule has 25 heavy (non-hydrogen) atoms. The molecule has 0 radical (unpaired) electrons. The molecule has 0 aliphatic carbocycles. The van der Waals surface area contributed by atoms with Crippen LogP contribution in [-0.4, -0.2) is 54.8 Å². The molecule has 5 nitrogen and oxygen atoms in total. The maximum Gasteiger partial charge on any atom is 0.224 e. The van der Waals surface area contributed by atoms with E-state index in [1.54, 1.807) is 0 Å². The number of hydroxylamine groups is 2. The van der Waals surface area contributed by atoms with Crippen molar-refractivity contribution in [1.82, 2.24) is 9.96 Å². The van der Waals surface area contributed by atoms with E-state index < -0.39 is 0 Å². The second-order valence-electron chi connectivity index (χ2n) is 8.05. The Morgan fingerprint density at radius 1 is 1.20 bits per heavy atom. The molecule has 1 aromatic rings. The fourth-order valence-electron chi connectivity index (χ4n) is 3.35. The van der Waals surface area contributed by atoms with E-state index in [4.69, 9.17) is 9.57 Å². The van der Waals surface area contributed by atoms with Crippen molar-refractivity contribution in [3.05, 3.63) is 35.9 Å². The van der Waals surface area contributed by atoms with Crippen LogP contribution in [0.5, 0.6) is 0 Å². The molecular formula is C20H30N2O3. The molecule has 1 aromatic carbocycles. The highest BCUT2D eigenvalue weighted by atomic mass is 16.7. The summed E-state index contributed by atoms with van der Waals surface area (Å²) in [7, 11) is 0. The molecule has 2 heterocycles. The van der Waals surface area contributed by atoms with Crippen LogP contribution in [0, 0.1) is 5.41 Å². The highest BCUT2D eigenvalue weighted by molar-refractivity contribution is 5.76.